The van der Waals surface area contributed by atoms with Crippen LogP contribution in [0.15, 0.2) is 0 Å². The van der Waals surface area contributed by atoms with E-state index in [-0.39, 0.29) is 11.9 Å². The van der Waals surface area contributed by atoms with Crippen molar-refractivity contribution in [3.8, 4) is 0 Å². The van der Waals surface area contributed by atoms with Crippen LogP contribution in [-0.4, -0.2) is 74.2 Å². The number of carbonyl (C=O) groups excluding carboxylic acids is 1. The summed E-state index contributed by atoms with van der Waals surface area (Å²) in [7, 11) is 1.76. The van der Waals surface area contributed by atoms with Crippen molar-refractivity contribution < 1.29 is 9.53 Å². The summed E-state index contributed by atoms with van der Waals surface area (Å²) in [5, 5.41) is 3.21. The Kier molecular flexibility index (Phi) is 8.50. The van der Waals surface area contributed by atoms with Gasteiger partial charge in [0, 0.05) is 45.9 Å². The fourth-order valence-electron chi connectivity index (χ4n) is 4.11. The molecule has 2 aliphatic rings. The number of nitrogens with zero attached hydrogens (tertiary/aromatic N) is 2. The topological polar surface area (TPSA) is 44.8 Å². The number of hydrogen-bond acceptors (Lipinski definition) is 4. The number of amides is 1. The number of piperazine rings is 1. The van der Waals surface area contributed by atoms with Crippen molar-refractivity contribution in [2.75, 3.05) is 46.4 Å². The van der Waals surface area contributed by atoms with Crippen LogP contribution in [0.3, 0.4) is 0 Å². The van der Waals surface area contributed by atoms with Crippen LogP contribution in [0.1, 0.15) is 52.4 Å². The maximum atomic E-state index is 12.5. The van der Waals surface area contributed by atoms with Gasteiger partial charge in [-0.1, -0.05) is 26.2 Å². The van der Waals surface area contributed by atoms with Crippen LogP contribution in [0, 0.1) is 5.92 Å². The number of nitrogens with one attached hydrogen (secondary N) is 1. The molecular formula is C19H37N3O2. The molecule has 2 fully saturated rings. The van der Waals surface area contributed by atoms with Crippen LogP contribution in [0.2, 0.25) is 0 Å². The largest absolute Gasteiger partial charge is 0.383 e. The molecule has 1 aliphatic heterocycles. The summed E-state index contributed by atoms with van der Waals surface area (Å²) in [6, 6.07) is 0.509. The minimum absolute atomic E-state index is 0.0211. The second-order valence-electron chi connectivity index (χ2n) is 7.51. The Morgan fingerprint density at radius 3 is 2.67 bits per heavy atom. The van der Waals surface area contributed by atoms with Gasteiger partial charge >= 0.3 is 0 Å². The SMILES string of the molecule is CC[C@H]1CN([C@H](C)C(=O)NCC2CCCCC2)CCN1CCOC. The third-order valence-electron chi connectivity index (χ3n) is 5.91. The summed E-state index contributed by atoms with van der Waals surface area (Å²) in [5.41, 5.74) is 0. The Bertz CT molecular complexity index is 372. The first-order chi connectivity index (χ1) is 11.7. The molecule has 0 spiro atoms. The lowest BCUT2D eigenvalue weighted by Crippen LogP contribution is -2.58. The van der Waals surface area contributed by atoms with Crippen molar-refractivity contribution in [3.05, 3.63) is 0 Å². The van der Waals surface area contributed by atoms with Crippen LogP contribution < -0.4 is 5.32 Å². The number of methoxy groups -OCH3 is 1. The second-order valence-corrected chi connectivity index (χ2v) is 7.51. The number of ether oxygens (including phenoxy) is 1. The highest BCUT2D eigenvalue weighted by atomic mass is 16.5. The van der Waals surface area contributed by atoms with Crippen LogP contribution in [0.25, 0.3) is 0 Å². The smallest absolute Gasteiger partial charge is 0.237 e. The fourth-order valence-corrected chi connectivity index (χ4v) is 4.11. The lowest BCUT2D eigenvalue weighted by atomic mass is 9.89. The molecule has 1 saturated carbocycles. The molecule has 0 aromatic carbocycles. The Morgan fingerprint density at radius 2 is 2.00 bits per heavy atom. The highest BCUT2D eigenvalue weighted by molar-refractivity contribution is 5.81. The molecule has 0 radical (unpaired) electrons. The van der Waals surface area contributed by atoms with E-state index in [4.69, 9.17) is 4.74 Å². The molecule has 0 aromatic heterocycles. The molecular weight excluding hydrogens is 302 g/mol. The van der Waals surface area contributed by atoms with Crippen molar-refractivity contribution >= 4 is 5.91 Å². The standard InChI is InChI=1S/C19H37N3O2/c1-4-18-15-22(11-10-21(18)12-13-24-3)16(2)19(23)20-14-17-8-6-5-7-9-17/h16-18H,4-15H2,1-3H3,(H,20,23)/t16-,18+/m1/s1. The average Bonchev–Trinajstić information content (AvgIpc) is 2.64. The Labute approximate surface area is 148 Å². The Morgan fingerprint density at radius 1 is 1.25 bits per heavy atom. The maximum Gasteiger partial charge on any atom is 0.237 e. The predicted molar refractivity (Wildman–Crippen MR) is 98.1 cm³/mol. The molecule has 2 rings (SSSR count). The zero-order chi connectivity index (χ0) is 17.4. The second kappa shape index (κ2) is 10.4. The molecule has 1 amide bonds. The van der Waals surface area contributed by atoms with Gasteiger partial charge in [0.1, 0.15) is 0 Å². The molecule has 24 heavy (non-hydrogen) atoms. The van der Waals surface area contributed by atoms with Gasteiger partial charge in [0.25, 0.3) is 0 Å². The van der Waals surface area contributed by atoms with Crippen LogP contribution in [0.4, 0.5) is 0 Å². The first-order valence-electron chi connectivity index (χ1n) is 9.90. The van der Waals surface area contributed by atoms with Crippen molar-refractivity contribution in [1.29, 1.82) is 0 Å². The average molecular weight is 340 g/mol. The maximum absolute atomic E-state index is 12.5. The third-order valence-corrected chi connectivity index (χ3v) is 5.91. The monoisotopic (exact) mass is 339 g/mol. The van der Waals surface area contributed by atoms with E-state index in [1.807, 2.05) is 0 Å². The van der Waals surface area contributed by atoms with E-state index in [0.717, 1.165) is 45.8 Å². The van der Waals surface area contributed by atoms with Gasteiger partial charge in [-0.2, -0.15) is 0 Å². The Balaban J connectivity index is 1.76. The zero-order valence-corrected chi connectivity index (χ0v) is 15.9. The molecule has 0 aromatic rings. The molecule has 5 nitrogen and oxygen atoms in total. The molecule has 5 heteroatoms. The van der Waals surface area contributed by atoms with Gasteiger partial charge in [-0.05, 0) is 32.1 Å². The highest BCUT2D eigenvalue weighted by Crippen LogP contribution is 2.23. The van der Waals surface area contributed by atoms with Gasteiger partial charge in [-0.25, -0.2) is 0 Å². The molecule has 140 valence electrons. The summed E-state index contributed by atoms with van der Waals surface area (Å²) < 4.78 is 5.22. The van der Waals surface area contributed by atoms with Crippen LogP contribution >= 0.6 is 0 Å². The summed E-state index contributed by atoms with van der Waals surface area (Å²) >= 11 is 0. The number of rotatable bonds is 8. The van der Waals surface area contributed by atoms with Gasteiger partial charge in [0.15, 0.2) is 0 Å². The summed E-state index contributed by atoms with van der Waals surface area (Å²) in [5.74, 6) is 0.907. The van der Waals surface area contributed by atoms with Gasteiger partial charge in [0.05, 0.1) is 12.6 Å². The number of carbonyl (C=O) groups is 1. The first kappa shape index (κ1) is 19.7. The van der Waals surface area contributed by atoms with Gasteiger partial charge in [-0.3, -0.25) is 14.6 Å². The molecule has 2 atom stereocenters. The minimum atomic E-state index is -0.0211. The third kappa shape index (κ3) is 5.71. The van der Waals surface area contributed by atoms with E-state index in [1.54, 1.807) is 7.11 Å². The van der Waals surface area contributed by atoms with Crippen molar-refractivity contribution in [1.82, 2.24) is 15.1 Å². The van der Waals surface area contributed by atoms with Crippen molar-refractivity contribution in [2.45, 2.75) is 64.5 Å². The van der Waals surface area contributed by atoms with E-state index in [1.165, 1.54) is 32.1 Å². The minimum Gasteiger partial charge on any atom is -0.383 e. The molecule has 1 heterocycles. The lowest BCUT2D eigenvalue weighted by molar-refractivity contribution is -0.127. The molecule has 1 saturated heterocycles. The lowest BCUT2D eigenvalue weighted by Gasteiger charge is -2.43. The van der Waals surface area contributed by atoms with E-state index < -0.39 is 0 Å². The Hall–Kier alpha value is -0.650. The molecule has 1 aliphatic carbocycles. The van der Waals surface area contributed by atoms with E-state index in [2.05, 4.69) is 29.0 Å². The molecule has 0 unspecified atom stereocenters. The summed E-state index contributed by atoms with van der Waals surface area (Å²) in [6.07, 6.45) is 7.72. The molecule has 0 bridgehead atoms. The van der Waals surface area contributed by atoms with Crippen molar-refractivity contribution in [2.24, 2.45) is 5.92 Å². The zero-order valence-electron chi connectivity index (χ0n) is 15.9. The summed E-state index contributed by atoms with van der Waals surface area (Å²) in [6.45, 7) is 9.93. The normalized spacial score (nSPS) is 25.5. The van der Waals surface area contributed by atoms with E-state index in [0.29, 0.717) is 12.0 Å². The highest BCUT2D eigenvalue weighted by Gasteiger charge is 2.30. The van der Waals surface area contributed by atoms with E-state index in [9.17, 15) is 4.79 Å². The predicted octanol–water partition coefficient (Wildman–Crippen LogP) is 2.11. The number of hydrogen-bond donors (Lipinski definition) is 1. The van der Waals surface area contributed by atoms with Gasteiger partial charge in [0.2, 0.25) is 5.91 Å². The van der Waals surface area contributed by atoms with Crippen molar-refractivity contribution in [3.63, 3.8) is 0 Å². The summed E-state index contributed by atoms with van der Waals surface area (Å²) in [4.78, 5) is 17.4. The van der Waals surface area contributed by atoms with Crippen LogP contribution in [0.5, 0.6) is 0 Å². The van der Waals surface area contributed by atoms with E-state index >= 15 is 0 Å². The fraction of sp³-hybridized carbons (Fsp3) is 0.947. The quantitative estimate of drug-likeness (QED) is 0.736. The van der Waals surface area contributed by atoms with Gasteiger partial charge < -0.3 is 10.1 Å². The van der Waals surface area contributed by atoms with Crippen LogP contribution in [-0.2, 0) is 9.53 Å². The first-order valence-corrected chi connectivity index (χ1v) is 9.90. The molecule has 1 N–H and O–H groups in total. The van der Waals surface area contributed by atoms with Gasteiger partial charge in [-0.15, -0.1) is 0 Å².